The highest BCUT2D eigenvalue weighted by Crippen LogP contribution is 2.33. The molecule has 0 saturated heterocycles. The number of hydrogen-bond acceptors (Lipinski definition) is 4. The summed E-state index contributed by atoms with van der Waals surface area (Å²) in [5, 5.41) is 8.43. The predicted molar refractivity (Wildman–Crippen MR) is 103 cm³/mol. The second-order valence-corrected chi connectivity index (χ2v) is 7.23. The second-order valence-electron chi connectivity index (χ2n) is 7.23. The van der Waals surface area contributed by atoms with Crippen LogP contribution in [0, 0.1) is 17.8 Å². The first kappa shape index (κ1) is 22.5. The number of ether oxygens (including phenoxy) is 3. The van der Waals surface area contributed by atoms with Crippen molar-refractivity contribution >= 4 is 5.97 Å². The molecule has 3 unspecified atom stereocenters. The number of hydrogen-bond donors (Lipinski definition) is 1. The molecule has 0 amide bonds. The average Bonchev–Trinajstić information content (AvgIpc) is 2.62. The van der Waals surface area contributed by atoms with E-state index in [4.69, 9.17) is 19.3 Å². The molecule has 0 bridgehead atoms. The molecule has 5 heteroatoms. The summed E-state index contributed by atoms with van der Waals surface area (Å²) < 4.78 is 15.9. The summed E-state index contributed by atoms with van der Waals surface area (Å²) in [6.07, 6.45) is 0. The van der Waals surface area contributed by atoms with Crippen LogP contribution in [0.15, 0.2) is 24.3 Å². The smallest absolute Gasteiger partial charge is 0.329 e. The highest BCUT2D eigenvalue weighted by molar-refractivity contribution is 5.67. The third-order valence-corrected chi connectivity index (χ3v) is 5.17. The van der Waals surface area contributed by atoms with Crippen molar-refractivity contribution < 1.29 is 24.1 Å². The van der Waals surface area contributed by atoms with Crippen molar-refractivity contribution in [2.75, 3.05) is 33.0 Å². The quantitative estimate of drug-likeness (QED) is 0.530. The van der Waals surface area contributed by atoms with Crippen LogP contribution >= 0.6 is 0 Å². The fourth-order valence-electron chi connectivity index (χ4n) is 2.83. The zero-order valence-corrected chi connectivity index (χ0v) is 16.7. The van der Waals surface area contributed by atoms with Crippen molar-refractivity contribution in [2.45, 2.75) is 40.5 Å². The number of rotatable bonds is 13. The van der Waals surface area contributed by atoms with Gasteiger partial charge in [-0.1, -0.05) is 46.8 Å². The topological polar surface area (TPSA) is 65.0 Å². The average molecular weight is 366 g/mol. The molecular formula is C21H34O5. The van der Waals surface area contributed by atoms with E-state index >= 15 is 0 Å². The van der Waals surface area contributed by atoms with Crippen LogP contribution in [-0.2, 0) is 14.3 Å². The molecule has 0 aromatic heterocycles. The van der Waals surface area contributed by atoms with E-state index in [1.807, 2.05) is 12.1 Å². The molecule has 0 radical (unpaired) electrons. The van der Waals surface area contributed by atoms with Crippen molar-refractivity contribution in [1.29, 1.82) is 0 Å². The lowest BCUT2D eigenvalue weighted by molar-refractivity contribution is -0.142. The van der Waals surface area contributed by atoms with Gasteiger partial charge in [0.25, 0.3) is 0 Å². The molecule has 0 saturated carbocycles. The zero-order valence-electron chi connectivity index (χ0n) is 16.7. The maximum Gasteiger partial charge on any atom is 0.329 e. The van der Waals surface area contributed by atoms with Gasteiger partial charge in [-0.3, -0.25) is 0 Å². The van der Waals surface area contributed by atoms with Gasteiger partial charge in [0.05, 0.1) is 19.8 Å². The summed E-state index contributed by atoms with van der Waals surface area (Å²) in [4.78, 5) is 10.3. The summed E-state index contributed by atoms with van der Waals surface area (Å²) in [6.45, 7) is 12.7. The Balaban J connectivity index is 2.29. The standard InChI is InChI=1S/C21H34O5/c1-15(2)16(3)17(4)18(5)19-6-8-20(9-7-19)26-13-12-24-10-11-25-14-21(22)23/h6-9,15-18H,10-14H2,1-5H3,(H,22,23). The maximum absolute atomic E-state index is 10.3. The van der Waals surface area contributed by atoms with E-state index in [9.17, 15) is 4.79 Å². The van der Waals surface area contributed by atoms with Crippen LogP contribution in [0.1, 0.15) is 46.1 Å². The minimum Gasteiger partial charge on any atom is -0.491 e. The highest BCUT2D eigenvalue weighted by atomic mass is 16.5. The third kappa shape index (κ3) is 8.19. The molecule has 5 nitrogen and oxygen atoms in total. The van der Waals surface area contributed by atoms with Crippen molar-refractivity contribution in [2.24, 2.45) is 17.8 Å². The van der Waals surface area contributed by atoms with Crippen molar-refractivity contribution in [3.63, 3.8) is 0 Å². The van der Waals surface area contributed by atoms with Gasteiger partial charge in [-0.05, 0) is 41.4 Å². The Morgan fingerprint density at radius 3 is 2.04 bits per heavy atom. The lowest BCUT2D eigenvalue weighted by atomic mass is 9.76. The lowest BCUT2D eigenvalue weighted by Gasteiger charge is -2.29. The molecule has 26 heavy (non-hydrogen) atoms. The van der Waals surface area contributed by atoms with E-state index in [1.54, 1.807) is 0 Å². The van der Waals surface area contributed by atoms with Crippen molar-refractivity contribution in [3.05, 3.63) is 29.8 Å². The fraction of sp³-hybridized carbons (Fsp3) is 0.667. The highest BCUT2D eigenvalue weighted by Gasteiger charge is 2.22. The van der Waals surface area contributed by atoms with Crippen LogP contribution in [0.2, 0.25) is 0 Å². The third-order valence-electron chi connectivity index (χ3n) is 5.17. The first-order valence-electron chi connectivity index (χ1n) is 9.43. The Kier molecular flexibility index (Phi) is 10.3. The van der Waals surface area contributed by atoms with E-state index in [0.717, 1.165) is 5.75 Å². The summed E-state index contributed by atoms with van der Waals surface area (Å²) in [5.74, 6) is 2.35. The van der Waals surface area contributed by atoms with E-state index in [0.29, 0.717) is 43.5 Å². The summed E-state index contributed by atoms with van der Waals surface area (Å²) in [6, 6.07) is 8.30. The molecule has 0 aliphatic rings. The van der Waals surface area contributed by atoms with Crippen LogP contribution in [0.4, 0.5) is 0 Å². The predicted octanol–water partition coefficient (Wildman–Crippen LogP) is 4.21. The van der Waals surface area contributed by atoms with Gasteiger partial charge in [-0.25, -0.2) is 4.79 Å². The summed E-state index contributed by atoms with van der Waals surface area (Å²) in [5.41, 5.74) is 1.34. The van der Waals surface area contributed by atoms with Gasteiger partial charge < -0.3 is 19.3 Å². The van der Waals surface area contributed by atoms with Gasteiger partial charge >= 0.3 is 5.97 Å². The molecule has 148 valence electrons. The molecule has 1 N–H and O–H groups in total. The number of benzene rings is 1. The maximum atomic E-state index is 10.3. The van der Waals surface area contributed by atoms with Crippen LogP contribution in [0.5, 0.6) is 5.75 Å². The number of aliphatic carboxylic acids is 1. The van der Waals surface area contributed by atoms with Gasteiger partial charge in [-0.2, -0.15) is 0 Å². The Morgan fingerprint density at radius 1 is 0.885 bits per heavy atom. The monoisotopic (exact) mass is 366 g/mol. The minimum atomic E-state index is -0.973. The molecule has 1 aromatic rings. The molecule has 1 rings (SSSR count). The van der Waals surface area contributed by atoms with Crippen LogP contribution in [0.25, 0.3) is 0 Å². The zero-order chi connectivity index (χ0) is 19.5. The van der Waals surface area contributed by atoms with Gasteiger partial charge in [0.15, 0.2) is 0 Å². The van der Waals surface area contributed by atoms with Gasteiger partial charge in [0, 0.05) is 0 Å². The van der Waals surface area contributed by atoms with Crippen LogP contribution in [-0.4, -0.2) is 44.1 Å². The van der Waals surface area contributed by atoms with Gasteiger partial charge in [0.2, 0.25) is 0 Å². The molecule has 3 atom stereocenters. The van der Waals surface area contributed by atoms with Gasteiger partial charge in [0.1, 0.15) is 19.0 Å². The number of carboxylic acids is 1. The normalized spacial score (nSPS) is 14.8. The molecule has 0 heterocycles. The first-order valence-corrected chi connectivity index (χ1v) is 9.43. The van der Waals surface area contributed by atoms with E-state index < -0.39 is 5.97 Å². The molecule has 0 aliphatic carbocycles. The minimum absolute atomic E-state index is 0.270. The Morgan fingerprint density at radius 2 is 1.46 bits per heavy atom. The SMILES string of the molecule is CC(C)C(C)C(C)C(C)c1ccc(OCCOCCOCC(=O)O)cc1. The summed E-state index contributed by atoms with van der Waals surface area (Å²) in [7, 11) is 0. The lowest BCUT2D eigenvalue weighted by Crippen LogP contribution is -2.19. The number of carboxylic acid groups (broad SMARTS) is 1. The van der Waals surface area contributed by atoms with E-state index in [1.165, 1.54) is 5.56 Å². The van der Waals surface area contributed by atoms with E-state index in [2.05, 4.69) is 46.8 Å². The van der Waals surface area contributed by atoms with E-state index in [-0.39, 0.29) is 13.2 Å². The number of carbonyl (C=O) groups is 1. The molecule has 0 spiro atoms. The second kappa shape index (κ2) is 11.9. The Hall–Kier alpha value is -1.59. The first-order chi connectivity index (χ1) is 12.3. The van der Waals surface area contributed by atoms with Gasteiger partial charge in [-0.15, -0.1) is 0 Å². The largest absolute Gasteiger partial charge is 0.491 e. The van der Waals surface area contributed by atoms with Crippen molar-refractivity contribution in [3.8, 4) is 5.75 Å². The molecule has 0 fully saturated rings. The fourth-order valence-corrected chi connectivity index (χ4v) is 2.83. The molecule has 1 aromatic carbocycles. The van der Waals surface area contributed by atoms with Crippen molar-refractivity contribution in [1.82, 2.24) is 0 Å². The van der Waals surface area contributed by atoms with Crippen LogP contribution < -0.4 is 4.74 Å². The molecule has 0 aliphatic heterocycles. The summed E-state index contributed by atoms with van der Waals surface area (Å²) >= 11 is 0. The molecular weight excluding hydrogens is 332 g/mol. The Labute approximate surface area is 157 Å². The Bertz CT molecular complexity index is 512. The van der Waals surface area contributed by atoms with Crippen LogP contribution in [0.3, 0.4) is 0 Å².